The van der Waals surface area contributed by atoms with Crippen LogP contribution in [0, 0.1) is 6.29 Å². The Balaban J connectivity index is 4.19. The molecule has 0 aromatic heterocycles. The second kappa shape index (κ2) is 6.50. The summed E-state index contributed by atoms with van der Waals surface area (Å²) in [5, 5.41) is 0. The molecule has 13 heavy (non-hydrogen) atoms. The van der Waals surface area contributed by atoms with Crippen LogP contribution in [-0.2, 0) is 0 Å². The zero-order valence-electron chi connectivity index (χ0n) is 9.65. The second-order valence-corrected chi connectivity index (χ2v) is 5.67. The average Bonchev–Trinajstić information content (AvgIpc) is 1.80. The zero-order valence-corrected chi connectivity index (χ0v) is 10.5. The SMILES string of the molecule is CN(C)/C=[P+](/[CH-]N(C)C)CN(C)C. The Labute approximate surface area is 83.7 Å². The third-order valence-corrected chi connectivity index (χ3v) is 3.61. The van der Waals surface area contributed by atoms with Gasteiger partial charge in [0.1, 0.15) is 12.2 Å². The molecule has 0 spiro atoms. The Morgan fingerprint density at radius 2 is 1.62 bits per heavy atom. The molecule has 0 fully saturated rings. The molecule has 0 bridgehead atoms. The van der Waals surface area contributed by atoms with E-state index in [9.17, 15) is 0 Å². The van der Waals surface area contributed by atoms with E-state index in [0.29, 0.717) is 0 Å². The summed E-state index contributed by atoms with van der Waals surface area (Å²) in [7, 11) is 12.4. The van der Waals surface area contributed by atoms with Crippen molar-refractivity contribution < 1.29 is 0 Å². The van der Waals surface area contributed by atoms with Crippen molar-refractivity contribution in [3.05, 3.63) is 6.29 Å². The van der Waals surface area contributed by atoms with Gasteiger partial charge in [-0.3, -0.25) is 9.80 Å². The molecule has 0 aliphatic rings. The predicted octanol–water partition coefficient (Wildman–Crippen LogP) is 0.990. The van der Waals surface area contributed by atoms with Gasteiger partial charge in [-0.25, -0.2) is 0 Å². The standard InChI is InChI=1S/C9H22N3P/c1-10(2)7-13(8-11(3)4)9-12(5)6/h7-8H,9H2,1-6H3. The quantitative estimate of drug-likeness (QED) is 0.487. The van der Waals surface area contributed by atoms with Crippen LogP contribution in [0.4, 0.5) is 0 Å². The van der Waals surface area contributed by atoms with E-state index in [1.807, 2.05) is 0 Å². The summed E-state index contributed by atoms with van der Waals surface area (Å²) in [4.78, 5) is 6.50. The van der Waals surface area contributed by atoms with Crippen LogP contribution < -0.4 is 0 Å². The molecule has 0 rings (SSSR count). The molecule has 0 amide bonds. The van der Waals surface area contributed by atoms with Crippen molar-refractivity contribution in [1.29, 1.82) is 0 Å². The van der Waals surface area contributed by atoms with E-state index in [2.05, 4.69) is 69.2 Å². The van der Waals surface area contributed by atoms with Gasteiger partial charge in [-0.2, -0.15) is 0 Å². The topological polar surface area (TPSA) is 9.72 Å². The number of rotatable bonds is 5. The van der Waals surface area contributed by atoms with E-state index in [4.69, 9.17) is 0 Å². The minimum atomic E-state index is -0.151. The van der Waals surface area contributed by atoms with Gasteiger partial charge in [-0.15, -0.1) is 0 Å². The molecule has 0 saturated heterocycles. The molecule has 0 radical (unpaired) electrons. The van der Waals surface area contributed by atoms with Crippen LogP contribution in [0.3, 0.4) is 0 Å². The first-order valence-corrected chi connectivity index (χ1v) is 6.01. The molecule has 0 heterocycles. The van der Waals surface area contributed by atoms with Crippen molar-refractivity contribution in [2.45, 2.75) is 0 Å². The van der Waals surface area contributed by atoms with Gasteiger partial charge >= 0.3 is 0 Å². The van der Waals surface area contributed by atoms with Crippen LogP contribution in [-0.4, -0.2) is 69.2 Å². The van der Waals surface area contributed by atoms with Gasteiger partial charge in [0.25, 0.3) is 0 Å². The van der Waals surface area contributed by atoms with E-state index < -0.39 is 0 Å². The molecule has 4 heteroatoms. The molecule has 0 aromatic rings. The van der Waals surface area contributed by atoms with Crippen LogP contribution >= 0.6 is 7.55 Å². The van der Waals surface area contributed by atoms with Crippen LogP contribution in [0.2, 0.25) is 0 Å². The molecule has 0 aromatic carbocycles. The maximum Gasteiger partial charge on any atom is 0.132 e. The van der Waals surface area contributed by atoms with Gasteiger partial charge in [0.2, 0.25) is 0 Å². The molecular weight excluding hydrogens is 181 g/mol. The Bertz CT molecular complexity index is 152. The van der Waals surface area contributed by atoms with E-state index >= 15 is 0 Å². The fraction of sp³-hybridized carbons (Fsp3) is 0.778. The number of nitrogens with zero attached hydrogens (tertiary/aromatic N) is 3. The highest BCUT2D eigenvalue weighted by atomic mass is 31.1. The summed E-state index contributed by atoms with van der Waals surface area (Å²) < 4.78 is 0. The summed E-state index contributed by atoms with van der Waals surface area (Å²) in [5.74, 6) is 2.29. The van der Waals surface area contributed by atoms with Gasteiger partial charge in [-0.1, -0.05) is 6.29 Å². The van der Waals surface area contributed by atoms with Gasteiger partial charge in [0.15, 0.2) is 0 Å². The summed E-state index contributed by atoms with van der Waals surface area (Å²) in [5.41, 5.74) is 0. The normalized spacial score (nSPS) is 13.5. The van der Waals surface area contributed by atoms with Gasteiger partial charge in [-0.05, 0) is 49.8 Å². The van der Waals surface area contributed by atoms with Crippen molar-refractivity contribution >= 4 is 13.5 Å². The summed E-state index contributed by atoms with van der Waals surface area (Å²) in [6, 6.07) is 0. The van der Waals surface area contributed by atoms with Gasteiger partial charge in [0.05, 0.1) is 0 Å². The van der Waals surface area contributed by atoms with Crippen LogP contribution in [0.1, 0.15) is 0 Å². The summed E-state index contributed by atoms with van der Waals surface area (Å²) in [6.45, 7) is 0. The highest BCUT2D eigenvalue weighted by Gasteiger charge is 2.03. The first-order chi connectivity index (χ1) is 5.91. The van der Waals surface area contributed by atoms with E-state index in [1.54, 1.807) is 0 Å². The summed E-state index contributed by atoms with van der Waals surface area (Å²) in [6.07, 6.45) is 3.40. The van der Waals surface area contributed by atoms with Crippen molar-refractivity contribution in [3.63, 3.8) is 0 Å². The maximum atomic E-state index is 2.29. The zero-order chi connectivity index (χ0) is 10.4. The molecule has 1 atom stereocenters. The average molecular weight is 203 g/mol. The lowest BCUT2D eigenvalue weighted by Gasteiger charge is -2.19. The Morgan fingerprint density at radius 1 is 1.08 bits per heavy atom. The van der Waals surface area contributed by atoms with E-state index in [0.717, 1.165) is 6.29 Å². The Kier molecular flexibility index (Phi) is 6.52. The highest BCUT2D eigenvalue weighted by Crippen LogP contribution is 2.27. The lowest BCUT2D eigenvalue weighted by Crippen LogP contribution is -2.16. The van der Waals surface area contributed by atoms with Crippen LogP contribution in [0.25, 0.3) is 0 Å². The Hall–Kier alpha value is 0.0500. The largest absolute Gasteiger partial charge is 0.418 e. The minimum Gasteiger partial charge on any atom is -0.418 e. The fourth-order valence-corrected chi connectivity index (χ4v) is 3.07. The monoisotopic (exact) mass is 203 g/mol. The predicted molar refractivity (Wildman–Crippen MR) is 63.2 cm³/mol. The van der Waals surface area contributed by atoms with Crippen molar-refractivity contribution in [2.24, 2.45) is 0 Å². The van der Waals surface area contributed by atoms with E-state index in [1.165, 1.54) is 0 Å². The van der Waals surface area contributed by atoms with Crippen LogP contribution in [0.5, 0.6) is 0 Å². The first-order valence-electron chi connectivity index (χ1n) is 4.35. The first kappa shape index (κ1) is 13.1. The minimum absolute atomic E-state index is 0.151. The number of hydrogen-bond donors (Lipinski definition) is 0. The van der Waals surface area contributed by atoms with Crippen LogP contribution in [0.15, 0.2) is 0 Å². The highest BCUT2D eigenvalue weighted by molar-refractivity contribution is 7.59. The smallest absolute Gasteiger partial charge is 0.132 e. The summed E-state index contributed by atoms with van der Waals surface area (Å²) >= 11 is 0. The molecule has 0 saturated carbocycles. The lowest BCUT2D eigenvalue weighted by molar-refractivity contribution is 0.478. The number of hydrogen-bond acceptors (Lipinski definition) is 2. The third-order valence-electron chi connectivity index (χ3n) is 1.20. The molecule has 0 N–H and O–H groups in total. The Morgan fingerprint density at radius 3 is 1.92 bits per heavy atom. The van der Waals surface area contributed by atoms with E-state index in [-0.39, 0.29) is 7.55 Å². The lowest BCUT2D eigenvalue weighted by atomic mass is 11.0. The molecular formula is C9H22N3P. The van der Waals surface area contributed by atoms with Gasteiger partial charge in [0, 0.05) is 0 Å². The maximum absolute atomic E-state index is 2.29. The van der Waals surface area contributed by atoms with Crippen molar-refractivity contribution in [2.75, 3.05) is 48.6 Å². The molecule has 0 aliphatic heterocycles. The molecule has 78 valence electrons. The second-order valence-electron chi connectivity index (χ2n) is 3.89. The van der Waals surface area contributed by atoms with Crippen molar-refractivity contribution in [1.82, 2.24) is 14.7 Å². The van der Waals surface area contributed by atoms with Crippen molar-refractivity contribution in [3.8, 4) is 0 Å². The fourth-order valence-electron chi connectivity index (χ4n) is 1.02. The molecule has 0 aliphatic carbocycles. The van der Waals surface area contributed by atoms with Gasteiger partial charge < -0.3 is 4.90 Å². The molecule has 3 nitrogen and oxygen atoms in total. The molecule has 1 unspecified atom stereocenters. The third kappa shape index (κ3) is 8.38.